The van der Waals surface area contributed by atoms with Crippen LogP contribution in [0.1, 0.15) is 92.9 Å². The Morgan fingerprint density at radius 1 is 1.12 bits per heavy atom. The van der Waals surface area contributed by atoms with E-state index < -0.39 is 0 Å². The second-order valence-corrected chi connectivity index (χ2v) is 8.40. The van der Waals surface area contributed by atoms with Crippen LogP contribution in [0.25, 0.3) is 0 Å². The SMILES string of the molecule is CC=C(C)CCC=C(C)CC(C=C(C)C)CC(C)OC(=O)C1CCCC1. The fourth-order valence-corrected chi connectivity index (χ4v) is 3.80. The van der Waals surface area contributed by atoms with E-state index in [1.165, 1.54) is 29.6 Å². The Morgan fingerprint density at radius 3 is 2.35 bits per heavy atom. The van der Waals surface area contributed by atoms with Gasteiger partial charge in [-0.15, -0.1) is 0 Å². The van der Waals surface area contributed by atoms with E-state index in [-0.39, 0.29) is 18.0 Å². The molecule has 1 fully saturated rings. The van der Waals surface area contributed by atoms with Crippen LogP contribution >= 0.6 is 0 Å². The lowest BCUT2D eigenvalue weighted by Crippen LogP contribution is -2.22. The van der Waals surface area contributed by atoms with Crippen molar-refractivity contribution < 1.29 is 9.53 Å². The first-order valence-corrected chi connectivity index (χ1v) is 10.4. The first kappa shape index (κ1) is 22.7. The van der Waals surface area contributed by atoms with Gasteiger partial charge < -0.3 is 4.74 Å². The lowest BCUT2D eigenvalue weighted by molar-refractivity contribution is -0.153. The van der Waals surface area contributed by atoms with E-state index in [9.17, 15) is 4.79 Å². The van der Waals surface area contributed by atoms with Crippen molar-refractivity contribution in [1.29, 1.82) is 0 Å². The van der Waals surface area contributed by atoms with E-state index in [1.807, 2.05) is 6.92 Å². The summed E-state index contributed by atoms with van der Waals surface area (Å²) in [6.45, 7) is 12.9. The number of rotatable bonds is 10. The summed E-state index contributed by atoms with van der Waals surface area (Å²) in [5.41, 5.74) is 4.22. The number of hydrogen-bond acceptors (Lipinski definition) is 2. The Hall–Kier alpha value is -1.31. The van der Waals surface area contributed by atoms with Crippen LogP contribution in [0, 0.1) is 11.8 Å². The van der Waals surface area contributed by atoms with Crippen LogP contribution in [0.2, 0.25) is 0 Å². The van der Waals surface area contributed by atoms with E-state index >= 15 is 0 Å². The van der Waals surface area contributed by atoms with E-state index in [2.05, 4.69) is 52.8 Å². The van der Waals surface area contributed by atoms with E-state index in [0.717, 1.165) is 38.5 Å². The number of hydrogen-bond donors (Lipinski definition) is 0. The van der Waals surface area contributed by atoms with Gasteiger partial charge in [0.15, 0.2) is 0 Å². The molecule has 0 N–H and O–H groups in total. The van der Waals surface area contributed by atoms with E-state index in [4.69, 9.17) is 4.74 Å². The monoisotopic (exact) mass is 360 g/mol. The molecule has 1 saturated carbocycles. The number of carbonyl (C=O) groups is 1. The van der Waals surface area contributed by atoms with Gasteiger partial charge in [0, 0.05) is 0 Å². The second kappa shape index (κ2) is 12.1. The van der Waals surface area contributed by atoms with Crippen LogP contribution in [0.4, 0.5) is 0 Å². The van der Waals surface area contributed by atoms with Gasteiger partial charge in [0.25, 0.3) is 0 Å². The predicted molar refractivity (Wildman–Crippen MR) is 112 cm³/mol. The number of allylic oxidation sites excluding steroid dienone is 6. The summed E-state index contributed by atoms with van der Waals surface area (Å²) in [7, 11) is 0. The number of ether oxygens (including phenoxy) is 1. The van der Waals surface area contributed by atoms with Crippen LogP contribution < -0.4 is 0 Å². The van der Waals surface area contributed by atoms with Crippen LogP contribution in [0.15, 0.2) is 34.9 Å². The summed E-state index contributed by atoms with van der Waals surface area (Å²) in [5, 5.41) is 0. The number of esters is 1. The van der Waals surface area contributed by atoms with E-state index in [0.29, 0.717) is 5.92 Å². The van der Waals surface area contributed by atoms with Gasteiger partial charge in [-0.1, -0.05) is 47.8 Å². The Balaban J connectivity index is 2.55. The third kappa shape index (κ3) is 9.40. The summed E-state index contributed by atoms with van der Waals surface area (Å²) in [6, 6.07) is 0. The normalized spacial score (nSPS) is 18.5. The molecule has 0 radical (unpaired) electrons. The molecule has 1 aliphatic carbocycles. The van der Waals surface area contributed by atoms with E-state index in [1.54, 1.807) is 0 Å². The molecule has 2 atom stereocenters. The average molecular weight is 361 g/mol. The summed E-state index contributed by atoms with van der Waals surface area (Å²) in [6.07, 6.45) is 15.4. The minimum Gasteiger partial charge on any atom is -0.462 e. The third-order valence-electron chi connectivity index (χ3n) is 5.32. The molecule has 2 nitrogen and oxygen atoms in total. The Kier molecular flexibility index (Phi) is 10.6. The maximum atomic E-state index is 12.3. The minimum absolute atomic E-state index is 0.0123. The fraction of sp³-hybridized carbons (Fsp3) is 0.708. The first-order valence-electron chi connectivity index (χ1n) is 10.4. The third-order valence-corrected chi connectivity index (χ3v) is 5.32. The van der Waals surface area contributed by atoms with Gasteiger partial charge in [0.1, 0.15) is 0 Å². The molecular formula is C24H40O2. The number of carbonyl (C=O) groups excluding carboxylic acids is 1. The van der Waals surface area contributed by atoms with Gasteiger partial charge in [0.05, 0.1) is 12.0 Å². The lowest BCUT2D eigenvalue weighted by Gasteiger charge is -2.21. The van der Waals surface area contributed by atoms with Crippen molar-refractivity contribution in [3.05, 3.63) is 34.9 Å². The summed E-state index contributed by atoms with van der Waals surface area (Å²) in [4.78, 5) is 12.3. The first-order chi connectivity index (χ1) is 12.3. The van der Waals surface area contributed by atoms with Gasteiger partial charge in [-0.2, -0.15) is 0 Å². The highest BCUT2D eigenvalue weighted by Crippen LogP contribution is 2.28. The molecule has 26 heavy (non-hydrogen) atoms. The lowest BCUT2D eigenvalue weighted by atomic mass is 9.92. The van der Waals surface area contributed by atoms with Crippen molar-refractivity contribution in [3.8, 4) is 0 Å². The quantitative estimate of drug-likeness (QED) is 0.305. The molecule has 0 amide bonds. The van der Waals surface area contributed by atoms with Crippen molar-refractivity contribution in [2.24, 2.45) is 11.8 Å². The van der Waals surface area contributed by atoms with Crippen molar-refractivity contribution in [3.63, 3.8) is 0 Å². The van der Waals surface area contributed by atoms with Gasteiger partial charge in [-0.05, 0) is 86.0 Å². The Morgan fingerprint density at radius 2 is 1.77 bits per heavy atom. The van der Waals surface area contributed by atoms with Crippen LogP contribution in [-0.2, 0) is 9.53 Å². The molecule has 0 bridgehead atoms. The molecule has 148 valence electrons. The molecule has 0 spiro atoms. The highest BCUT2D eigenvalue weighted by Gasteiger charge is 2.26. The molecular weight excluding hydrogens is 320 g/mol. The molecule has 2 heteroatoms. The average Bonchev–Trinajstić information content (AvgIpc) is 3.08. The zero-order valence-electron chi connectivity index (χ0n) is 17.9. The highest BCUT2D eigenvalue weighted by molar-refractivity contribution is 5.72. The van der Waals surface area contributed by atoms with Gasteiger partial charge in [-0.25, -0.2) is 0 Å². The van der Waals surface area contributed by atoms with Crippen molar-refractivity contribution >= 4 is 5.97 Å². The molecule has 1 rings (SSSR count). The topological polar surface area (TPSA) is 26.3 Å². The fourth-order valence-electron chi connectivity index (χ4n) is 3.80. The van der Waals surface area contributed by atoms with Crippen molar-refractivity contribution in [2.75, 3.05) is 0 Å². The van der Waals surface area contributed by atoms with Gasteiger partial charge in [-0.3, -0.25) is 4.79 Å². The largest absolute Gasteiger partial charge is 0.462 e. The molecule has 0 saturated heterocycles. The maximum absolute atomic E-state index is 12.3. The Bertz CT molecular complexity index is 514. The van der Waals surface area contributed by atoms with Crippen molar-refractivity contribution in [1.82, 2.24) is 0 Å². The highest BCUT2D eigenvalue weighted by atomic mass is 16.5. The van der Waals surface area contributed by atoms with Crippen LogP contribution in [0.3, 0.4) is 0 Å². The van der Waals surface area contributed by atoms with Gasteiger partial charge >= 0.3 is 5.97 Å². The maximum Gasteiger partial charge on any atom is 0.309 e. The standard InChI is InChI=1S/C24H40O2/c1-7-19(4)11-10-12-20(5)16-22(15-18(2)3)17-21(6)26-24(25)23-13-8-9-14-23/h7,12,15,21-23H,8-11,13-14,16-17H2,1-6H3. The van der Waals surface area contributed by atoms with Crippen LogP contribution in [0.5, 0.6) is 0 Å². The smallest absolute Gasteiger partial charge is 0.309 e. The zero-order chi connectivity index (χ0) is 19.5. The minimum atomic E-state index is -0.0123. The molecule has 0 aromatic heterocycles. The zero-order valence-corrected chi connectivity index (χ0v) is 17.9. The molecule has 0 aromatic rings. The molecule has 0 heterocycles. The summed E-state index contributed by atoms with van der Waals surface area (Å²) < 4.78 is 5.76. The predicted octanol–water partition coefficient (Wildman–Crippen LogP) is 7.16. The second-order valence-electron chi connectivity index (χ2n) is 8.40. The van der Waals surface area contributed by atoms with Crippen LogP contribution in [-0.4, -0.2) is 12.1 Å². The Labute approximate surface area is 161 Å². The molecule has 0 aromatic carbocycles. The summed E-state index contributed by atoms with van der Waals surface area (Å²) in [5.74, 6) is 0.612. The molecule has 1 aliphatic rings. The molecule has 2 unspecified atom stereocenters. The summed E-state index contributed by atoms with van der Waals surface area (Å²) >= 11 is 0. The van der Waals surface area contributed by atoms with Gasteiger partial charge in [0.2, 0.25) is 0 Å². The molecule has 0 aliphatic heterocycles. The van der Waals surface area contributed by atoms with Crippen molar-refractivity contribution in [2.45, 2.75) is 99.0 Å².